The number of halogens is 1. The molecule has 5 nitrogen and oxygen atoms in total. The summed E-state index contributed by atoms with van der Waals surface area (Å²) < 4.78 is 13.3. The Kier molecular flexibility index (Phi) is 4.88. The SMILES string of the molecule is Cc1cc(F)ccc1Nc1nc(NCc2ccccn2)nc(C)c1C. The molecule has 2 aromatic heterocycles. The molecule has 0 unspecified atom stereocenters. The molecule has 0 saturated heterocycles. The van der Waals surface area contributed by atoms with Crippen molar-refractivity contribution in [1.29, 1.82) is 0 Å². The summed E-state index contributed by atoms with van der Waals surface area (Å²) in [5, 5.41) is 6.47. The van der Waals surface area contributed by atoms with Gasteiger partial charge in [0.25, 0.3) is 0 Å². The summed E-state index contributed by atoms with van der Waals surface area (Å²) in [6, 6.07) is 10.4. The zero-order valence-corrected chi connectivity index (χ0v) is 14.5. The Morgan fingerprint density at radius 1 is 1.04 bits per heavy atom. The Hall–Kier alpha value is -3.02. The van der Waals surface area contributed by atoms with Gasteiger partial charge in [-0.15, -0.1) is 0 Å². The van der Waals surface area contributed by atoms with E-state index in [2.05, 4.69) is 25.6 Å². The second-order valence-corrected chi connectivity index (χ2v) is 5.87. The molecule has 0 bridgehead atoms. The summed E-state index contributed by atoms with van der Waals surface area (Å²) in [7, 11) is 0. The molecule has 0 radical (unpaired) electrons. The van der Waals surface area contributed by atoms with E-state index < -0.39 is 0 Å². The molecule has 0 amide bonds. The predicted molar refractivity (Wildman–Crippen MR) is 97.5 cm³/mol. The van der Waals surface area contributed by atoms with Crippen molar-refractivity contribution in [3.8, 4) is 0 Å². The monoisotopic (exact) mass is 337 g/mol. The van der Waals surface area contributed by atoms with Crippen molar-refractivity contribution in [1.82, 2.24) is 15.0 Å². The minimum atomic E-state index is -0.253. The van der Waals surface area contributed by atoms with E-state index in [1.807, 2.05) is 39.0 Å². The van der Waals surface area contributed by atoms with Gasteiger partial charge in [0.15, 0.2) is 0 Å². The maximum atomic E-state index is 13.3. The lowest BCUT2D eigenvalue weighted by atomic mass is 10.2. The maximum Gasteiger partial charge on any atom is 0.225 e. The van der Waals surface area contributed by atoms with Crippen molar-refractivity contribution in [2.75, 3.05) is 10.6 Å². The van der Waals surface area contributed by atoms with Gasteiger partial charge in [0, 0.05) is 23.1 Å². The first-order valence-corrected chi connectivity index (χ1v) is 8.05. The highest BCUT2D eigenvalue weighted by Crippen LogP contribution is 2.24. The van der Waals surface area contributed by atoms with E-state index in [0.717, 1.165) is 28.2 Å². The molecule has 0 saturated carbocycles. The fraction of sp³-hybridized carbons (Fsp3) is 0.211. The molecular formula is C19H20FN5. The van der Waals surface area contributed by atoms with Crippen molar-refractivity contribution in [3.63, 3.8) is 0 Å². The fourth-order valence-corrected chi connectivity index (χ4v) is 2.40. The molecule has 2 heterocycles. The van der Waals surface area contributed by atoms with Crippen LogP contribution in [0.15, 0.2) is 42.6 Å². The Labute approximate surface area is 146 Å². The average molecular weight is 337 g/mol. The molecule has 2 N–H and O–H groups in total. The third kappa shape index (κ3) is 4.09. The number of nitrogens with one attached hydrogen (secondary N) is 2. The van der Waals surface area contributed by atoms with Crippen LogP contribution in [-0.4, -0.2) is 15.0 Å². The van der Waals surface area contributed by atoms with Crippen molar-refractivity contribution < 1.29 is 4.39 Å². The molecule has 0 spiro atoms. The van der Waals surface area contributed by atoms with Crippen LogP contribution >= 0.6 is 0 Å². The third-order valence-electron chi connectivity index (χ3n) is 3.98. The van der Waals surface area contributed by atoms with Gasteiger partial charge >= 0.3 is 0 Å². The van der Waals surface area contributed by atoms with E-state index >= 15 is 0 Å². The lowest BCUT2D eigenvalue weighted by Crippen LogP contribution is -2.09. The lowest BCUT2D eigenvalue weighted by Gasteiger charge is -2.14. The number of nitrogens with zero attached hydrogens (tertiary/aromatic N) is 3. The van der Waals surface area contributed by atoms with E-state index in [1.165, 1.54) is 12.1 Å². The van der Waals surface area contributed by atoms with Crippen LogP contribution in [-0.2, 0) is 6.54 Å². The number of anilines is 3. The number of rotatable bonds is 5. The van der Waals surface area contributed by atoms with Crippen LogP contribution in [0.5, 0.6) is 0 Å². The van der Waals surface area contributed by atoms with Gasteiger partial charge in [-0.05, 0) is 56.7 Å². The van der Waals surface area contributed by atoms with E-state index in [0.29, 0.717) is 18.3 Å². The summed E-state index contributed by atoms with van der Waals surface area (Å²) in [4.78, 5) is 13.3. The summed E-state index contributed by atoms with van der Waals surface area (Å²) in [6.45, 7) is 6.29. The number of benzene rings is 1. The normalized spacial score (nSPS) is 10.6. The molecule has 0 fully saturated rings. The standard InChI is InChI=1S/C19H20FN5/c1-12-10-15(20)7-8-17(12)24-18-13(2)14(3)23-19(25-18)22-11-16-6-4-5-9-21-16/h4-10H,11H2,1-3H3,(H2,22,23,24,25). The van der Waals surface area contributed by atoms with Gasteiger partial charge in [-0.1, -0.05) is 6.07 Å². The Bertz CT molecular complexity index is 880. The summed E-state index contributed by atoms with van der Waals surface area (Å²) >= 11 is 0. The van der Waals surface area contributed by atoms with Gasteiger partial charge in [0.1, 0.15) is 11.6 Å². The van der Waals surface area contributed by atoms with Gasteiger partial charge in [-0.25, -0.2) is 9.37 Å². The largest absolute Gasteiger partial charge is 0.349 e. The topological polar surface area (TPSA) is 62.7 Å². The first-order chi connectivity index (χ1) is 12.0. The Morgan fingerprint density at radius 3 is 2.60 bits per heavy atom. The van der Waals surface area contributed by atoms with Crippen LogP contribution < -0.4 is 10.6 Å². The third-order valence-corrected chi connectivity index (χ3v) is 3.98. The molecule has 128 valence electrons. The highest BCUT2D eigenvalue weighted by atomic mass is 19.1. The lowest BCUT2D eigenvalue weighted by molar-refractivity contribution is 0.627. The Balaban J connectivity index is 1.82. The molecule has 25 heavy (non-hydrogen) atoms. The summed E-state index contributed by atoms with van der Waals surface area (Å²) in [5.41, 5.74) is 4.37. The highest BCUT2D eigenvalue weighted by molar-refractivity contribution is 5.64. The molecule has 0 atom stereocenters. The number of hydrogen-bond donors (Lipinski definition) is 2. The highest BCUT2D eigenvalue weighted by Gasteiger charge is 2.10. The number of aromatic nitrogens is 3. The molecule has 1 aromatic carbocycles. The van der Waals surface area contributed by atoms with Crippen LogP contribution in [0.25, 0.3) is 0 Å². The first kappa shape index (κ1) is 16.8. The van der Waals surface area contributed by atoms with Crippen LogP contribution in [0.3, 0.4) is 0 Å². The zero-order chi connectivity index (χ0) is 17.8. The molecule has 3 rings (SSSR count). The van der Waals surface area contributed by atoms with Gasteiger partial charge in [0.2, 0.25) is 5.95 Å². The van der Waals surface area contributed by atoms with E-state index in [1.54, 1.807) is 12.3 Å². The maximum absolute atomic E-state index is 13.3. The minimum Gasteiger partial charge on any atom is -0.349 e. The fourth-order valence-electron chi connectivity index (χ4n) is 2.40. The van der Waals surface area contributed by atoms with Gasteiger partial charge in [-0.3, -0.25) is 4.98 Å². The summed E-state index contributed by atoms with van der Waals surface area (Å²) in [6.07, 6.45) is 1.75. The molecule has 0 aliphatic carbocycles. The van der Waals surface area contributed by atoms with Gasteiger partial charge in [0.05, 0.1) is 12.2 Å². The van der Waals surface area contributed by atoms with E-state index in [4.69, 9.17) is 0 Å². The molecule has 6 heteroatoms. The predicted octanol–water partition coefficient (Wildman–Crippen LogP) is 4.29. The second kappa shape index (κ2) is 7.25. The van der Waals surface area contributed by atoms with Crippen LogP contribution in [0.1, 0.15) is 22.5 Å². The van der Waals surface area contributed by atoms with Crippen molar-refractivity contribution in [3.05, 3.63) is 70.9 Å². The average Bonchev–Trinajstić information content (AvgIpc) is 2.60. The van der Waals surface area contributed by atoms with Crippen LogP contribution in [0.4, 0.5) is 21.8 Å². The van der Waals surface area contributed by atoms with Gasteiger partial charge < -0.3 is 10.6 Å². The minimum absolute atomic E-state index is 0.253. The van der Waals surface area contributed by atoms with Crippen molar-refractivity contribution in [2.45, 2.75) is 27.3 Å². The van der Waals surface area contributed by atoms with Crippen LogP contribution in [0.2, 0.25) is 0 Å². The quantitative estimate of drug-likeness (QED) is 0.727. The molecular weight excluding hydrogens is 317 g/mol. The van der Waals surface area contributed by atoms with Crippen molar-refractivity contribution >= 4 is 17.5 Å². The van der Waals surface area contributed by atoms with Gasteiger partial charge in [-0.2, -0.15) is 4.98 Å². The number of aryl methyl sites for hydroxylation is 2. The summed E-state index contributed by atoms with van der Waals surface area (Å²) in [5.74, 6) is 0.970. The van der Waals surface area contributed by atoms with E-state index in [9.17, 15) is 4.39 Å². The van der Waals surface area contributed by atoms with Crippen LogP contribution in [0, 0.1) is 26.6 Å². The molecule has 0 aliphatic heterocycles. The zero-order valence-electron chi connectivity index (χ0n) is 14.5. The molecule has 0 aliphatic rings. The first-order valence-electron chi connectivity index (χ1n) is 8.05. The number of hydrogen-bond acceptors (Lipinski definition) is 5. The van der Waals surface area contributed by atoms with Crippen molar-refractivity contribution in [2.24, 2.45) is 0 Å². The number of pyridine rings is 1. The molecule has 3 aromatic rings. The van der Waals surface area contributed by atoms with E-state index in [-0.39, 0.29) is 5.82 Å². The Morgan fingerprint density at radius 2 is 1.88 bits per heavy atom. The smallest absolute Gasteiger partial charge is 0.225 e. The second-order valence-electron chi connectivity index (χ2n) is 5.87.